The molecule has 0 atom stereocenters. The zero-order valence-electron chi connectivity index (χ0n) is 19.8. The number of anilines is 1. The number of hydrogen-bond acceptors (Lipinski definition) is 7. The molecule has 0 unspecified atom stereocenters. The first-order valence-electron chi connectivity index (χ1n) is 11.3. The molecule has 3 aromatic rings. The summed E-state index contributed by atoms with van der Waals surface area (Å²) in [7, 11) is 0. The van der Waals surface area contributed by atoms with E-state index in [1.807, 2.05) is 44.4 Å². The van der Waals surface area contributed by atoms with E-state index < -0.39 is 10.5 Å². The highest BCUT2D eigenvalue weighted by Gasteiger charge is 2.28. The van der Waals surface area contributed by atoms with Crippen molar-refractivity contribution in [3.05, 3.63) is 67.7 Å². The van der Waals surface area contributed by atoms with Gasteiger partial charge in [0, 0.05) is 28.9 Å². The lowest BCUT2D eigenvalue weighted by Crippen LogP contribution is -2.41. The van der Waals surface area contributed by atoms with Crippen molar-refractivity contribution in [3.8, 4) is 10.4 Å². The SMILES string of the molecule is CC(C)(C)OC(=O)N1CCC(c2ccc(C(=O)Nc3cc(-c4cccs4)ccc3[N+](=O)[O-])s2)CC1. The summed E-state index contributed by atoms with van der Waals surface area (Å²) in [4.78, 5) is 40.5. The molecule has 184 valence electrons. The number of nitro benzene ring substituents is 1. The minimum atomic E-state index is -0.525. The highest BCUT2D eigenvalue weighted by molar-refractivity contribution is 7.14. The monoisotopic (exact) mass is 513 g/mol. The number of amides is 2. The topological polar surface area (TPSA) is 102 Å². The molecule has 4 rings (SSSR count). The molecule has 35 heavy (non-hydrogen) atoms. The summed E-state index contributed by atoms with van der Waals surface area (Å²) < 4.78 is 5.46. The summed E-state index contributed by atoms with van der Waals surface area (Å²) >= 11 is 2.91. The van der Waals surface area contributed by atoms with Crippen molar-refractivity contribution >= 4 is 46.0 Å². The molecule has 1 N–H and O–H groups in total. The molecule has 0 bridgehead atoms. The maximum absolute atomic E-state index is 13.0. The van der Waals surface area contributed by atoms with E-state index in [9.17, 15) is 19.7 Å². The van der Waals surface area contributed by atoms with Crippen LogP contribution in [-0.2, 0) is 4.74 Å². The van der Waals surface area contributed by atoms with Crippen LogP contribution in [0.3, 0.4) is 0 Å². The molecule has 2 amide bonds. The first-order valence-corrected chi connectivity index (χ1v) is 13.0. The van der Waals surface area contributed by atoms with Gasteiger partial charge in [-0.15, -0.1) is 22.7 Å². The summed E-state index contributed by atoms with van der Waals surface area (Å²) in [5.74, 6) is -0.129. The fourth-order valence-corrected chi connectivity index (χ4v) is 5.74. The third kappa shape index (κ3) is 6.07. The Labute approximate surface area is 211 Å². The number of benzene rings is 1. The van der Waals surface area contributed by atoms with Gasteiger partial charge in [-0.05, 0) is 80.8 Å². The lowest BCUT2D eigenvalue weighted by Gasteiger charge is -2.33. The van der Waals surface area contributed by atoms with Crippen molar-refractivity contribution in [1.29, 1.82) is 0 Å². The quantitative estimate of drug-likeness (QED) is 0.300. The zero-order valence-corrected chi connectivity index (χ0v) is 21.4. The predicted molar refractivity (Wildman–Crippen MR) is 138 cm³/mol. The van der Waals surface area contributed by atoms with E-state index in [1.165, 1.54) is 28.7 Å². The van der Waals surface area contributed by atoms with E-state index in [2.05, 4.69) is 5.32 Å². The van der Waals surface area contributed by atoms with Gasteiger partial charge in [0.2, 0.25) is 0 Å². The van der Waals surface area contributed by atoms with Crippen molar-refractivity contribution in [2.45, 2.75) is 45.1 Å². The van der Waals surface area contributed by atoms with Crippen LogP contribution < -0.4 is 5.32 Å². The van der Waals surface area contributed by atoms with Crippen molar-refractivity contribution in [1.82, 2.24) is 4.90 Å². The van der Waals surface area contributed by atoms with Gasteiger partial charge in [-0.1, -0.05) is 6.07 Å². The van der Waals surface area contributed by atoms with Crippen LogP contribution in [0.15, 0.2) is 47.8 Å². The summed E-state index contributed by atoms with van der Waals surface area (Å²) in [6.45, 7) is 6.75. The molecule has 10 heteroatoms. The lowest BCUT2D eigenvalue weighted by molar-refractivity contribution is -0.383. The first kappa shape index (κ1) is 24.9. The fraction of sp³-hybridized carbons (Fsp3) is 0.360. The van der Waals surface area contributed by atoms with Crippen LogP contribution >= 0.6 is 22.7 Å². The van der Waals surface area contributed by atoms with Gasteiger partial charge in [0.25, 0.3) is 11.6 Å². The Balaban J connectivity index is 1.43. The van der Waals surface area contributed by atoms with Crippen LogP contribution in [0.25, 0.3) is 10.4 Å². The molecule has 1 fully saturated rings. The van der Waals surface area contributed by atoms with E-state index >= 15 is 0 Å². The second-order valence-electron chi connectivity index (χ2n) is 9.36. The van der Waals surface area contributed by atoms with Crippen LogP contribution in [-0.4, -0.2) is 40.5 Å². The van der Waals surface area contributed by atoms with Crippen LogP contribution in [0.4, 0.5) is 16.2 Å². The zero-order chi connectivity index (χ0) is 25.2. The van der Waals surface area contributed by atoms with Gasteiger partial charge in [0.05, 0.1) is 9.80 Å². The number of hydrogen-bond donors (Lipinski definition) is 1. The Morgan fingerprint density at radius 1 is 1.14 bits per heavy atom. The number of ether oxygens (including phenoxy) is 1. The molecule has 0 radical (unpaired) electrons. The summed E-state index contributed by atoms with van der Waals surface area (Å²) in [5.41, 5.74) is 0.309. The normalized spacial score (nSPS) is 14.5. The van der Waals surface area contributed by atoms with Crippen molar-refractivity contribution in [3.63, 3.8) is 0 Å². The highest BCUT2D eigenvalue weighted by atomic mass is 32.1. The van der Waals surface area contributed by atoms with Crippen molar-refractivity contribution in [2.75, 3.05) is 18.4 Å². The maximum atomic E-state index is 13.0. The van der Waals surface area contributed by atoms with Crippen molar-refractivity contribution < 1.29 is 19.2 Å². The molecular formula is C25H27N3O5S2. The number of thiophene rings is 2. The Hall–Kier alpha value is -3.24. The third-order valence-electron chi connectivity index (χ3n) is 5.65. The Kier molecular flexibility index (Phi) is 7.23. The molecule has 1 aliphatic heterocycles. The Morgan fingerprint density at radius 2 is 1.89 bits per heavy atom. The summed E-state index contributed by atoms with van der Waals surface area (Å²) in [6, 6.07) is 12.3. The van der Waals surface area contributed by atoms with Crippen molar-refractivity contribution in [2.24, 2.45) is 0 Å². The molecule has 3 heterocycles. The van der Waals surface area contributed by atoms with Gasteiger partial charge in [-0.2, -0.15) is 0 Å². The van der Waals surface area contributed by atoms with Crippen LogP contribution in [0.5, 0.6) is 0 Å². The Morgan fingerprint density at radius 3 is 2.51 bits per heavy atom. The number of carbonyl (C=O) groups is 2. The molecule has 0 aliphatic carbocycles. The second-order valence-corrected chi connectivity index (χ2v) is 11.4. The molecule has 0 saturated carbocycles. The van der Waals surface area contributed by atoms with Gasteiger partial charge < -0.3 is 15.0 Å². The average Bonchev–Trinajstić information content (AvgIpc) is 3.50. The predicted octanol–water partition coefficient (Wildman–Crippen LogP) is 6.75. The van der Waals surface area contributed by atoms with Crippen LogP contribution in [0.2, 0.25) is 0 Å². The fourth-order valence-electron chi connectivity index (χ4n) is 3.94. The summed E-state index contributed by atoms with van der Waals surface area (Å²) in [6.07, 6.45) is 1.28. The largest absolute Gasteiger partial charge is 0.444 e. The minimum Gasteiger partial charge on any atom is -0.444 e. The first-order chi connectivity index (χ1) is 16.6. The molecular weight excluding hydrogens is 486 g/mol. The third-order valence-corrected chi connectivity index (χ3v) is 7.81. The Bertz CT molecular complexity index is 1220. The molecule has 1 aliphatic rings. The van der Waals surface area contributed by atoms with Gasteiger partial charge in [-0.25, -0.2) is 4.79 Å². The average molecular weight is 514 g/mol. The number of carbonyl (C=O) groups excluding carboxylic acids is 2. The van der Waals surface area contributed by atoms with Gasteiger partial charge in [0.1, 0.15) is 11.3 Å². The number of nitrogens with one attached hydrogen (secondary N) is 1. The standard InChI is InChI=1S/C25H27N3O5S2/c1-25(2,3)33-24(30)27-12-10-16(11-13-27)21-8-9-22(35-21)23(29)26-18-15-17(20-5-4-14-34-20)6-7-19(18)28(31)32/h4-9,14-16H,10-13H2,1-3H3,(H,26,29). The van der Waals surface area contributed by atoms with Gasteiger partial charge in [0.15, 0.2) is 0 Å². The second kappa shape index (κ2) is 10.2. The smallest absolute Gasteiger partial charge is 0.410 e. The van der Waals surface area contributed by atoms with Gasteiger partial charge in [-0.3, -0.25) is 14.9 Å². The van der Waals surface area contributed by atoms with E-state index in [1.54, 1.807) is 23.1 Å². The minimum absolute atomic E-state index is 0.148. The van der Waals surface area contributed by atoms with E-state index in [4.69, 9.17) is 4.74 Å². The molecule has 2 aromatic heterocycles. The number of nitro groups is 1. The number of piperidine rings is 1. The molecule has 8 nitrogen and oxygen atoms in total. The lowest BCUT2D eigenvalue weighted by atomic mass is 9.95. The molecule has 1 saturated heterocycles. The van der Waals surface area contributed by atoms with Crippen LogP contribution in [0.1, 0.15) is 54.1 Å². The van der Waals surface area contributed by atoms with E-state index in [0.29, 0.717) is 18.0 Å². The number of rotatable bonds is 5. The maximum Gasteiger partial charge on any atom is 0.410 e. The molecule has 0 spiro atoms. The van der Waals surface area contributed by atoms with E-state index in [-0.39, 0.29) is 29.3 Å². The van der Waals surface area contributed by atoms with Gasteiger partial charge >= 0.3 is 6.09 Å². The van der Waals surface area contributed by atoms with E-state index in [0.717, 1.165) is 28.2 Å². The summed E-state index contributed by atoms with van der Waals surface area (Å²) in [5, 5.41) is 16.2. The van der Waals surface area contributed by atoms with Crippen LogP contribution in [0, 0.1) is 10.1 Å². The number of likely N-dealkylation sites (tertiary alicyclic amines) is 1. The molecule has 1 aromatic carbocycles. The number of nitrogens with zero attached hydrogens (tertiary/aromatic N) is 2. The highest BCUT2D eigenvalue weighted by Crippen LogP contribution is 2.35.